The van der Waals surface area contributed by atoms with Crippen LogP contribution in [0.2, 0.25) is 0 Å². The number of halogens is 1. The zero-order valence-electron chi connectivity index (χ0n) is 9.61. The van der Waals surface area contributed by atoms with Crippen molar-refractivity contribution >= 4 is 11.6 Å². The molecule has 0 aliphatic heterocycles. The molecule has 0 atom stereocenters. The Labute approximate surface area is 93.6 Å². The van der Waals surface area contributed by atoms with E-state index in [1.165, 1.54) is 38.6 Å². The minimum absolute atomic E-state index is 0.339. The molecule has 0 spiro atoms. The Bertz CT molecular complexity index is 142. The molecule has 0 amide bonds. The van der Waals surface area contributed by atoms with Gasteiger partial charge in [-0.3, -0.25) is 0 Å². The van der Waals surface area contributed by atoms with Crippen molar-refractivity contribution in [2.45, 2.75) is 46.0 Å². The summed E-state index contributed by atoms with van der Waals surface area (Å²) < 4.78 is 0. The van der Waals surface area contributed by atoms with Crippen molar-refractivity contribution in [3.05, 3.63) is 0 Å². The molecule has 1 nitrogen and oxygen atoms in total. The summed E-state index contributed by atoms with van der Waals surface area (Å²) in [7, 11) is 0. The highest BCUT2D eigenvalue weighted by Gasteiger charge is 2.25. The van der Waals surface area contributed by atoms with Gasteiger partial charge in [-0.1, -0.05) is 20.3 Å². The van der Waals surface area contributed by atoms with Gasteiger partial charge in [0.15, 0.2) is 0 Å². The van der Waals surface area contributed by atoms with Gasteiger partial charge >= 0.3 is 0 Å². The highest BCUT2D eigenvalue weighted by atomic mass is 35.5. The van der Waals surface area contributed by atoms with E-state index in [4.69, 9.17) is 11.6 Å². The minimum Gasteiger partial charge on any atom is -0.316 e. The normalized spacial score (nSPS) is 18.2. The molecule has 1 fully saturated rings. The van der Waals surface area contributed by atoms with Crippen LogP contribution in [-0.4, -0.2) is 19.0 Å². The molecule has 0 unspecified atom stereocenters. The maximum absolute atomic E-state index is 6.05. The highest BCUT2D eigenvalue weighted by Crippen LogP contribution is 2.28. The molecule has 1 aliphatic carbocycles. The van der Waals surface area contributed by atoms with Gasteiger partial charge < -0.3 is 5.32 Å². The molecule has 1 rings (SSSR count). The fourth-order valence-electron chi connectivity index (χ4n) is 1.97. The molecule has 0 bridgehead atoms. The van der Waals surface area contributed by atoms with E-state index < -0.39 is 0 Å². The first-order valence-electron chi connectivity index (χ1n) is 6.03. The first-order chi connectivity index (χ1) is 6.76. The lowest BCUT2D eigenvalue weighted by atomic mass is 9.83. The zero-order chi connectivity index (χ0) is 10.4. The molecule has 1 saturated carbocycles. The third-order valence-electron chi connectivity index (χ3n) is 3.94. The average Bonchev–Trinajstić information content (AvgIpc) is 2.17. The monoisotopic (exact) mass is 217 g/mol. The molecule has 0 heterocycles. The zero-order valence-corrected chi connectivity index (χ0v) is 10.4. The summed E-state index contributed by atoms with van der Waals surface area (Å²) in [6.07, 6.45) is 6.67. The second kappa shape index (κ2) is 5.97. The predicted octanol–water partition coefficient (Wildman–Crippen LogP) is 3.42. The summed E-state index contributed by atoms with van der Waals surface area (Å²) in [5.74, 6) is 1.74. The second-order valence-corrected chi connectivity index (χ2v) is 5.04. The van der Waals surface area contributed by atoms with E-state index in [9.17, 15) is 0 Å². The SMILES string of the molecule is CCC(CC)(CCl)CNCC1CCC1. The topological polar surface area (TPSA) is 12.0 Å². The number of hydrogen-bond donors (Lipinski definition) is 1. The summed E-state index contributed by atoms with van der Waals surface area (Å²) in [6.45, 7) is 6.80. The maximum atomic E-state index is 6.05. The van der Waals surface area contributed by atoms with Gasteiger partial charge in [0.25, 0.3) is 0 Å². The second-order valence-electron chi connectivity index (χ2n) is 4.77. The molecule has 0 aromatic carbocycles. The minimum atomic E-state index is 0.339. The molecular formula is C12H24ClN. The Balaban J connectivity index is 2.17. The van der Waals surface area contributed by atoms with E-state index in [1.54, 1.807) is 0 Å². The van der Waals surface area contributed by atoms with Crippen LogP contribution in [0.3, 0.4) is 0 Å². The van der Waals surface area contributed by atoms with Gasteiger partial charge in [-0.05, 0) is 43.6 Å². The molecule has 0 aromatic rings. The number of nitrogens with one attached hydrogen (secondary N) is 1. The van der Waals surface area contributed by atoms with Crippen LogP contribution in [0.4, 0.5) is 0 Å². The average molecular weight is 218 g/mol. The van der Waals surface area contributed by atoms with Crippen LogP contribution in [0.1, 0.15) is 46.0 Å². The van der Waals surface area contributed by atoms with E-state index >= 15 is 0 Å². The van der Waals surface area contributed by atoms with Gasteiger partial charge in [0.2, 0.25) is 0 Å². The summed E-state index contributed by atoms with van der Waals surface area (Å²) in [5.41, 5.74) is 0.339. The largest absolute Gasteiger partial charge is 0.316 e. The lowest BCUT2D eigenvalue weighted by Gasteiger charge is -2.32. The fraction of sp³-hybridized carbons (Fsp3) is 1.00. The van der Waals surface area contributed by atoms with Crippen LogP contribution in [-0.2, 0) is 0 Å². The third kappa shape index (κ3) is 3.13. The Hall–Kier alpha value is 0.250. The number of alkyl halides is 1. The summed E-state index contributed by atoms with van der Waals surface area (Å²) in [6, 6.07) is 0. The summed E-state index contributed by atoms with van der Waals surface area (Å²) in [4.78, 5) is 0. The van der Waals surface area contributed by atoms with Crippen molar-refractivity contribution in [2.24, 2.45) is 11.3 Å². The first-order valence-corrected chi connectivity index (χ1v) is 6.56. The fourth-order valence-corrected chi connectivity index (χ4v) is 2.45. The molecule has 84 valence electrons. The standard InChI is InChI=1S/C12H24ClN/c1-3-12(4-2,9-13)10-14-8-11-6-5-7-11/h11,14H,3-10H2,1-2H3. The molecule has 0 saturated heterocycles. The Morgan fingerprint density at radius 3 is 2.29 bits per heavy atom. The Morgan fingerprint density at radius 1 is 1.29 bits per heavy atom. The van der Waals surface area contributed by atoms with Gasteiger partial charge in [0.05, 0.1) is 0 Å². The van der Waals surface area contributed by atoms with Crippen LogP contribution in [0.5, 0.6) is 0 Å². The van der Waals surface area contributed by atoms with Crippen molar-refractivity contribution < 1.29 is 0 Å². The highest BCUT2D eigenvalue weighted by molar-refractivity contribution is 6.18. The van der Waals surface area contributed by atoms with Crippen molar-refractivity contribution in [3.63, 3.8) is 0 Å². The van der Waals surface area contributed by atoms with Gasteiger partial charge in [-0.25, -0.2) is 0 Å². The number of rotatable bonds is 7. The lowest BCUT2D eigenvalue weighted by Crippen LogP contribution is -2.38. The smallest absolute Gasteiger partial charge is 0.0291 e. The van der Waals surface area contributed by atoms with Crippen molar-refractivity contribution in [1.82, 2.24) is 5.32 Å². The summed E-state index contributed by atoms with van der Waals surface area (Å²) >= 11 is 6.05. The van der Waals surface area contributed by atoms with E-state index in [2.05, 4.69) is 19.2 Å². The van der Waals surface area contributed by atoms with Crippen molar-refractivity contribution in [3.8, 4) is 0 Å². The maximum Gasteiger partial charge on any atom is 0.0291 e. The molecule has 1 aliphatic rings. The molecule has 1 N–H and O–H groups in total. The van der Waals surface area contributed by atoms with Crippen LogP contribution in [0, 0.1) is 11.3 Å². The Morgan fingerprint density at radius 2 is 1.93 bits per heavy atom. The third-order valence-corrected chi connectivity index (χ3v) is 4.51. The molecule has 0 radical (unpaired) electrons. The van der Waals surface area contributed by atoms with E-state index in [0.717, 1.165) is 18.3 Å². The van der Waals surface area contributed by atoms with E-state index in [1.807, 2.05) is 0 Å². The molecular weight excluding hydrogens is 194 g/mol. The van der Waals surface area contributed by atoms with Crippen LogP contribution < -0.4 is 5.32 Å². The predicted molar refractivity (Wildman–Crippen MR) is 63.9 cm³/mol. The van der Waals surface area contributed by atoms with E-state index in [-0.39, 0.29) is 0 Å². The lowest BCUT2D eigenvalue weighted by molar-refractivity contribution is 0.249. The van der Waals surface area contributed by atoms with Crippen LogP contribution in [0.15, 0.2) is 0 Å². The van der Waals surface area contributed by atoms with Crippen LogP contribution >= 0.6 is 11.6 Å². The Kier molecular flexibility index (Phi) is 5.25. The van der Waals surface area contributed by atoms with Gasteiger partial charge in [0, 0.05) is 12.4 Å². The van der Waals surface area contributed by atoms with Crippen molar-refractivity contribution in [2.75, 3.05) is 19.0 Å². The van der Waals surface area contributed by atoms with Crippen molar-refractivity contribution in [1.29, 1.82) is 0 Å². The molecule has 14 heavy (non-hydrogen) atoms. The summed E-state index contributed by atoms with van der Waals surface area (Å²) in [5, 5.41) is 3.60. The van der Waals surface area contributed by atoms with Gasteiger partial charge in [-0.15, -0.1) is 11.6 Å². The van der Waals surface area contributed by atoms with E-state index in [0.29, 0.717) is 5.41 Å². The molecule has 0 aromatic heterocycles. The van der Waals surface area contributed by atoms with Gasteiger partial charge in [0.1, 0.15) is 0 Å². The first kappa shape index (κ1) is 12.3. The molecule has 2 heteroatoms. The number of hydrogen-bond acceptors (Lipinski definition) is 1. The van der Waals surface area contributed by atoms with Gasteiger partial charge in [-0.2, -0.15) is 0 Å². The van der Waals surface area contributed by atoms with Crippen LogP contribution in [0.25, 0.3) is 0 Å². The quantitative estimate of drug-likeness (QED) is 0.645.